The first-order chi connectivity index (χ1) is 7.99. The van der Waals surface area contributed by atoms with Gasteiger partial charge in [-0.1, -0.05) is 11.6 Å². The Morgan fingerprint density at radius 2 is 2.35 bits per heavy atom. The summed E-state index contributed by atoms with van der Waals surface area (Å²) in [5.74, 6) is -1.35. The number of carboxylic acids is 1. The van der Waals surface area contributed by atoms with Crippen LogP contribution in [0.4, 0.5) is 5.82 Å². The number of aromatic nitrogens is 1. The van der Waals surface area contributed by atoms with Crippen molar-refractivity contribution in [3.05, 3.63) is 20.9 Å². The van der Waals surface area contributed by atoms with Crippen LogP contribution in [-0.4, -0.2) is 28.5 Å². The third-order valence-corrected chi connectivity index (χ3v) is 3.52. The zero-order valence-corrected chi connectivity index (χ0v) is 11.5. The largest absolute Gasteiger partial charge is 0.481 e. The lowest BCUT2D eigenvalue weighted by Gasteiger charge is -2.16. The van der Waals surface area contributed by atoms with Crippen LogP contribution in [0, 0.1) is 9.49 Å². The van der Waals surface area contributed by atoms with Crippen LogP contribution in [0.1, 0.15) is 6.42 Å². The number of carbonyl (C=O) groups excluding carboxylic acids is 1. The molecule has 1 N–H and O–H groups in total. The lowest BCUT2D eigenvalue weighted by molar-refractivity contribution is -0.141. The van der Waals surface area contributed by atoms with Crippen molar-refractivity contribution in [1.29, 1.82) is 0 Å². The van der Waals surface area contributed by atoms with Crippen LogP contribution >= 0.6 is 34.2 Å². The molecule has 0 bridgehead atoms. The Balaban J connectivity index is 2.29. The molecule has 5 nitrogen and oxygen atoms in total. The molecule has 1 aliphatic rings. The van der Waals surface area contributed by atoms with Crippen LogP contribution in [0.2, 0.25) is 5.02 Å². The maximum absolute atomic E-state index is 11.7. The molecule has 1 aromatic rings. The Morgan fingerprint density at radius 3 is 2.88 bits per heavy atom. The molecule has 1 fully saturated rings. The first kappa shape index (κ1) is 12.6. The highest BCUT2D eigenvalue weighted by Crippen LogP contribution is 2.28. The van der Waals surface area contributed by atoms with Crippen molar-refractivity contribution in [2.45, 2.75) is 6.42 Å². The van der Waals surface area contributed by atoms with Crippen molar-refractivity contribution in [3.63, 3.8) is 0 Å². The minimum Gasteiger partial charge on any atom is -0.481 e. The van der Waals surface area contributed by atoms with Crippen LogP contribution < -0.4 is 4.90 Å². The minimum atomic E-state index is -0.954. The van der Waals surface area contributed by atoms with Gasteiger partial charge in [-0.25, -0.2) is 4.98 Å². The number of nitrogens with zero attached hydrogens (tertiary/aromatic N) is 2. The number of amides is 1. The lowest BCUT2D eigenvalue weighted by atomic mass is 10.1. The van der Waals surface area contributed by atoms with Crippen LogP contribution in [0.25, 0.3) is 0 Å². The lowest BCUT2D eigenvalue weighted by Crippen LogP contribution is -2.27. The average Bonchev–Trinajstić information content (AvgIpc) is 2.61. The standard InChI is InChI=1S/C10H8ClIN2O3/c11-6-2-7(12)9(13-3-6)14-4-5(10(16)17)1-8(14)15/h2-3,5H,1,4H2,(H,16,17). The Bertz CT molecular complexity index is 494. The summed E-state index contributed by atoms with van der Waals surface area (Å²) in [5.41, 5.74) is 0. The Labute approximate surface area is 116 Å². The van der Waals surface area contributed by atoms with Gasteiger partial charge in [0, 0.05) is 19.2 Å². The first-order valence-corrected chi connectivity index (χ1v) is 6.29. The predicted octanol–water partition coefficient (Wildman–Crippen LogP) is 1.78. The molecule has 2 heterocycles. The quantitative estimate of drug-likeness (QED) is 0.810. The molecule has 90 valence electrons. The SMILES string of the molecule is O=C(O)C1CC(=O)N(c2ncc(Cl)cc2I)C1. The van der Waals surface area contributed by atoms with Gasteiger partial charge < -0.3 is 5.11 Å². The van der Waals surface area contributed by atoms with E-state index >= 15 is 0 Å². The molecule has 2 rings (SSSR count). The average molecular weight is 367 g/mol. The Morgan fingerprint density at radius 1 is 1.65 bits per heavy atom. The number of rotatable bonds is 2. The molecule has 1 saturated heterocycles. The number of aliphatic carboxylic acids is 1. The van der Waals surface area contributed by atoms with Crippen molar-refractivity contribution < 1.29 is 14.7 Å². The third kappa shape index (κ3) is 2.52. The number of carboxylic acid groups (broad SMARTS) is 1. The molecule has 0 saturated carbocycles. The summed E-state index contributed by atoms with van der Waals surface area (Å²) in [4.78, 5) is 28.0. The highest BCUT2D eigenvalue weighted by Gasteiger charge is 2.36. The molecule has 1 amide bonds. The summed E-state index contributed by atoms with van der Waals surface area (Å²) < 4.78 is 0.731. The van der Waals surface area contributed by atoms with E-state index < -0.39 is 11.9 Å². The van der Waals surface area contributed by atoms with E-state index in [0.29, 0.717) is 10.8 Å². The van der Waals surface area contributed by atoms with Crippen LogP contribution in [0.5, 0.6) is 0 Å². The minimum absolute atomic E-state index is 0.0235. The van der Waals surface area contributed by atoms with E-state index in [0.717, 1.165) is 3.57 Å². The fourth-order valence-corrected chi connectivity index (χ4v) is 2.79. The third-order valence-electron chi connectivity index (χ3n) is 2.52. The van der Waals surface area contributed by atoms with Crippen molar-refractivity contribution in [3.8, 4) is 0 Å². The van der Waals surface area contributed by atoms with E-state index in [4.69, 9.17) is 16.7 Å². The van der Waals surface area contributed by atoms with E-state index in [2.05, 4.69) is 4.98 Å². The molecule has 1 unspecified atom stereocenters. The summed E-state index contributed by atoms with van der Waals surface area (Å²) in [6, 6.07) is 1.69. The Hall–Kier alpha value is -0.890. The predicted molar refractivity (Wildman–Crippen MR) is 70.1 cm³/mol. The molecule has 1 aliphatic heterocycles. The number of hydrogen-bond donors (Lipinski definition) is 1. The zero-order valence-electron chi connectivity index (χ0n) is 8.56. The highest BCUT2D eigenvalue weighted by molar-refractivity contribution is 14.1. The Kier molecular flexibility index (Phi) is 3.53. The van der Waals surface area contributed by atoms with Gasteiger partial charge in [0.15, 0.2) is 0 Å². The van der Waals surface area contributed by atoms with Gasteiger partial charge in [0.1, 0.15) is 5.82 Å². The highest BCUT2D eigenvalue weighted by atomic mass is 127. The second kappa shape index (κ2) is 4.77. The molecular weight excluding hydrogens is 358 g/mol. The zero-order chi connectivity index (χ0) is 12.6. The fourth-order valence-electron chi connectivity index (χ4n) is 1.68. The van der Waals surface area contributed by atoms with Crippen LogP contribution in [0.3, 0.4) is 0 Å². The van der Waals surface area contributed by atoms with Gasteiger partial charge >= 0.3 is 5.97 Å². The molecule has 7 heteroatoms. The van der Waals surface area contributed by atoms with Crippen molar-refractivity contribution >= 4 is 51.9 Å². The van der Waals surface area contributed by atoms with Gasteiger partial charge in [-0.2, -0.15) is 0 Å². The van der Waals surface area contributed by atoms with Gasteiger partial charge in [-0.05, 0) is 28.7 Å². The molecule has 1 aromatic heterocycles. The maximum atomic E-state index is 11.7. The monoisotopic (exact) mass is 366 g/mol. The summed E-state index contributed by atoms with van der Waals surface area (Å²) in [6.07, 6.45) is 1.47. The number of carbonyl (C=O) groups is 2. The van der Waals surface area contributed by atoms with Crippen LogP contribution in [0.15, 0.2) is 12.3 Å². The van der Waals surface area contributed by atoms with Crippen molar-refractivity contribution in [2.75, 3.05) is 11.4 Å². The van der Waals surface area contributed by atoms with Gasteiger partial charge in [0.05, 0.1) is 14.5 Å². The molecule has 1 atom stereocenters. The fraction of sp³-hybridized carbons (Fsp3) is 0.300. The van der Waals surface area contributed by atoms with E-state index in [1.54, 1.807) is 6.07 Å². The number of halogens is 2. The second-order valence-corrected chi connectivity index (χ2v) is 5.30. The van der Waals surface area contributed by atoms with Gasteiger partial charge in [-0.15, -0.1) is 0 Å². The molecule has 17 heavy (non-hydrogen) atoms. The van der Waals surface area contributed by atoms with Crippen molar-refractivity contribution in [1.82, 2.24) is 4.98 Å². The summed E-state index contributed by atoms with van der Waals surface area (Å²) >= 11 is 7.80. The number of anilines is 1. The molecule has 0 spiro atoms. The second-order valence-electron chi connectivity index (χ2n) is 3.70. The van der Waals surface area contributed by atoms with Gasteiger partial charge in [0.25, 0.3) is 0 Å². The normalized spacial score (nSPS) is 19.8. The van der Waals surface area contributed by atoms with E-state index in [1.165, 1.54) is 11.1 Å². The smallest absolute Gasteiger partial charge is 0.308 e. The topological polar surface area (TPSA) is 70.5 Å². The maximum Gasteiger partial charge on any atom is 0.308 e. The number of hydrogen-bond acceptors (Lipinski definition) is 3. The first-order valence-electron chi connectivity index (χ1n) is 4.83. The van der Waals surface area contributed by atoms with Crippen molar-refractivity contribution in [2.24, 2.45) is 5.92 Å². The molecule has 0 aromatic carbocycles. The summed E-state index contributed by atoms with van der Waals surface area (Å²) in [7, 11) is 0. The summed E-state index contributed by atoms with van der Waals surface area (Å²) in [6.45, 7) is 0.165. The summed E-state index contributed by atoms with van der Waals surface area (Å²) in [5, 5.41) is 9.37. The van der Waals surface area contributed by atoms with E-state index in [-0.39, 0.29) is 18.9 Å². The molecule has 0 radical (unpaired) electrons. The van der Waals surface area contributed by atoms with Gasteiger partial charge in [0.2, 0.25) is 5.91 Å². The van der Waals surface area contributed by atoms with E-state index in [1.807, 2.05) is 22.6 Å². The molecular formula is C10H8ClIN2O3. The number of pyridine rings is 1. The van der Waals surface area contributed by atoms with E-state index in [9.17, 15) is 9.59 Å². The van der Waals surface area contributed by atoms with Gasteiger partial charge in [-0.3, -0.25) is 14.5 Å². The van der Waals surface area contributed by atoms with Crippen LogP contribution in [-0.2, 0) is 9.59 Å². The molecule has 0 aliphatic carbocycles.